The minimum Gasteiger partial charge on any atom is -0.396 e. The molecule has 1 saturated carbocycles. The van der Waals surface area contributed by atoms with E-state index < -0.39 is 10.8 Å². The van der Waals surface area contributed by atoms with Gasteiger partial charge in [0.1, 0.15) is 21.2 Å². The second kappa shape index (κ2) is 8.23. The second-order valence-corrected chi connectivity index (χ2v) is 10.3. The van der Waals surface area contributed by atoms with Crippen molar-refractivity contribution in [1.29, 1.82) is 0 Å². The SMILES string of the molecule is C=NC=N/C=C(\C)c1cc(-c2cnc(C)n2C)c2c(N)c(S(=O)C3CCC3)sc2n1. The number of imidazole rings is 1. The summed E-state index contributed by atoms with van der Waals surface area (Å²) in [5.41, 5.74) is 10.7. The van der Waals surface area contributed by atoms with E-state index >= 15 is 0 Å². The fraction of sp³-hybridized carbons (Fsp3) is 0.333. The van der Waals surface area contributed by atoms with Gasteiger partial charge in [-0.15, -0.1) is 11.3 Å². The molecule has 0 aliphatic heterocycles. The number of aromatic nitrogens is 3. The first-order chi connectivity index (χ1) is 14.4. The zero-order valence-corrected chi connectivity index (χ0v) is 18.9. The molecule has 0 radical (unpaired) electrons. The number of pyridine rings is 1. The van der Waals surface area contributed by atoms with Crippen LogP contribution in [0, 0.1) is 6.92 Å². The Morgan fingerprint density at radius 3 is 2.83 bits per heavy atom. The van der Waals surface area contributed by atoms with Crippen molar-refractivity contribution < 1.29 is 4.21 Å². The van der Waals surface area contributed by atoms with Crippen LogP contribution < -0.4 is 5.73 Å². The van der Waals surface area contributed by atoms with Gasteiger partial charge in [0, 0.05) is 29.4 Å². The first kappa shape index (κ1) is 20.6. The van der Waals surface area contributed by atoms with Gasteiger partial charge in [-0.05, 0) is 45.0 Å². The molecule has 4 rings (SSSR count). The highest BCUT2D eigenvalue weighted by Gasteiger charge is 2.30. The summed E-state index contributed by atoms with van der Waals surface area (Å²) in [7, 11) is 0.874. The summed E-state index contributed by atoms with van der Waals surface area (Å²) in [6, 6.07) is 2.00. The Morgan fingerprint density at radius 1 is 1.47 bits per heavy atom. The monoisotopic (exact) mass is 440 g/mol. The number of nitrogens with two attached hydrogens (primary N) is 1. The van der Waals surface area contributed by atoms with Crippen LogP contribution in [-0.2, 0) is 17.8 Å². The lowest BCUT2D eigenvalue weighted by Crippen LogP contribution is -2.23. The maximum absolute atomic E-state index is 13.1. The van der Waals surface area contributed by atoms with Crippen LogP contribution in [0.2, 0.25) is 0 Å². The number of aryl methyl sites for hydroxylation is 1. The number of hydrogen-bond donors (Lipinski definition) is 1. The van der Waals surface area contributed by atoms with Crippen molar-refractivity contribution in [2.45, 2.75) is 42.6 Å². The number of rotatable bonds is 6. The number of anilines is 1. The maximum Gasteiger partial charge on any atom is 0.127 e. The average Bonchev–Trinajstić information content (AvgIpc) is 3.19. The topological polar surface area (TPSA) is 98.5 Å². The third-order valence-electron chi connectivity index (χ3n) is 5.52. The van der Waals surface area contributed by atoms with Gasteiger partial charge < -0.3 is 10.3 Å². The molecule has 1 atom stereocenters. The molecule has 1 fully saturated rings. The molecule has 1 aliphatic rings. The summed E-state index contributed by atoms with van der Waals surface area (Å²) in [6.07, 6.45) is 8.04. The third-order valence-corrected chi connectivity index (χ3v) is 8.82. The fourth-order valence-electron chi connectivity index (χ4n) is 3.40. The molecule has 2 N–H and O–H groups in total. The van der Waals surface area contributed by atoms with Crippen molar-refractivity contribution in [2.75, 3.05) is 5.73 Å². The van der Waals surface area contributed by atoms with Gasteiger partial charge in [-0.1, -0.05) is 6.42 Å². The van der Waals surface area contributed by atoms with Gasteiger partial charge in [-0.2, -0.15) is 0 Å². The minimum atomic E-state index is -1.10. The van der Waals surface area contributed by atoms with E-state index in [1.54, 1.807) is 6.20 Å². The van der Waals surface area contributed by atoms with Crippen LogP contribution in [0.5, 0.6) is 0 Å². The largest absolute Gasteiger partial charge is 0.396 e. The molecule has 0 saturated heterocycles. The van der Waals surface area contributed by atoms with E-state index in [0.717, 1.165) is 62.0 Å². The number of nitrogens with zero attached hydrogens (tertiary/aromatic N) is 5. The molecular formula is C21H24N6OS2. The van der Waals surface area contributed by atoms with Crippen molar-refractivity contribution in [1.82, 2.24) is 14.5 Å². The van der Waals surface area contributed by atoms with E-state index in [4.69, 9.17) is 10.7 Å². The Labute approximate surface area is 181 Å². The van der Waals surface area contributed by atoms with E-state index in [1.807, 2.05) is 37.7 Å². The van der Waals surface area contributed by atoms with Crippen LogP contribution >= 0.6 is 11.3 Å². The smallest absolute Gasteiger partial charge is 0.127 e. The lowest BCUT2D eigenvalue weighted by atomic mass is 10.0. The quantitative estimate of drug-likeness (QED) is 0.455. The molecule has 3 heterocycles. The zero-order chi connectivity index (χ0) is 21.4. The predicted molar refractivity (Wildman–Crippen MR) is 127 cm³/mol. The molecule has 156 valence electrons. The van der Waals surface area contributed by atoms with Crippen LogP contribution in [0.1, 0.15) is 37.7 Å². The summed E-state index contributed by atoms with van der Waals surface area (Å²) in [4.78, 5) is 17.8. The molecule has 7 nitrogen and oxygen atoms in total. The highest BCUT2D eigenvalue weighted by molar-refractivity contribution is 7.88. The van der Waals surface area contributed by atoms with Crippen molar-refractivity contribution in [3.8, 4) is 11.3 Å². The lowest BCUT2D eigenvalue weighted by molar-refractivity contribution is 0.505. The molecular weight excluding hydrogens is 416 g/mol. The number of nitrogen functional groups attached to an aromatic ring is 1. The van der Waals surface area contributed by atoms with Gasteiger partial charge in [0.05, 0.1) is 34.1 Å². The minimum absolute atomic E-state index is 0.199. The van der Waals surface area contributed by atoms with Gasteiger partial charge in [-0.25, -0.2) is 15.0 Å². The van der Waals surface area contributed by atoms with E-state index in [2.05, 4.69) is 21.7 Å². The Hall–Kier alpha value is -2.65. The van der Waals surface area contributed by atoms with Crippen LogP contribution in [0.3, 0.4) is 0 Å². The average molecular weight is 441 g/mol. The van der Waals surface area contributed by atoms with Crippen molar-refractivity contribution in [3.05, 3.63) is 30.0 Å². The molecule has 0 spiro atoms. The molecule has 30 heavy (non-hydrogen) atoms. The Balaban J connectivity index is 1.95. The van der Waals surface area contributed by atoms with Crippen molar-refractivity contribution in [3.63, 3.8) is 0 Å². The van der Waals surface area contributed by atoms with Crippen LogP contribution in [0.4, 0.5) is 5.69 Å². The number of aliphatic imine (C=N–C) groups is 2. The Bertz CT molecular complexity index is 1220. The van der Waals surface area contributed by atoms with E-state index in [0.29, 0.717) is 5.69 Å². The third kappa shape index (κ3) is 3.52. The van der Waals surface area contributed by atoms with Crippen LogP contribution in [0.25, 0.3) is 27.0 Å². The van der Waals surface area contributed by atoms with Crippen LogP contribution in [-0.4, -0.2) is 37.0 Å². The number of allylic oxidation sites excluding steroid dienone is 1. The summed E-state index contributed by atoms with van der Waals surface area (Å²) in [5.74, 6) is 0.900. The molecule has 0 amide bonds. The fourth-order valence-corrected chi connectivity index (χ4v) is 6.61. The number of hydrogen-bond acceptors (Lipinski definition) is 6. The second-order valence-electron chi connectivity index (χ2n) is 7.40. The summed E-state index contributed by atoms with van der Waals surface area (Å²) < 4.78 is 15.8. The molecule has 1 unspecified atom stereocenters. The lowest BCUT2D eigenvalue weighted by Gasteiger charge is -2.23. The molecule has 9 heteroatoms. The van der Waals surface area contributed by atoms with Crippen LogP contribution in [0.15, 0.2) is 32.7 Å². The van der Waals surface area contributed by atoms with Gasteiger partial charge in [0.2, 0.25) is 0 Å². The molecule has 1 aliphatic carbocycles. The summed E-state index contributed by atoms with van der Waals surface area (Å²) in [6.45, 7) is 7.30. The first-order valence-corrected chi connectivity index (χ1v) is 11.7. The predicted octanol–water partition coefficient (Wildman–Crippen LogP) is 4.34. The summed E-state index contributed by atoms with van der Waals surface area (Å²) >= 11 is 1.43. The maximum atomic E-state index is 13.1. The van der Waals surface area contributed by atoms with Gasteiger partial charge in [0.25, 0.3) is 0 Å². The highest BCUT2D eigenvalue weighted by Crippen LogP contribution is 2.44. The van der Waals surface area contributed by atoms with E-state index in [-0.39, 0.29) is 5.25 Å². The van der Waals surface area contributed by atoms with Crippen molar-refractivity contribution in [2.24, 2.45) is 17.0 Å². The Kier molecular flexibility index (Phi) is 5.66. The molecule has 0 aromatic carbocycles. The normalized spacial score (nSPS) is 16.3. The van der Waals surface area contributed by atoms with E-state index in [9.17, 15) is 4.21 Å². The van der Waals surface area contributed by atoms with E-state index in [1.165, 1.54) is 17.7 Å². The summed E-state index contributed by atoms with van der Waals surface area (Å²) in [5, 5.41) is 1.04. The van der Waals surface area contributed by atoms with Crippen molar-refractivity contribution >= 4 is 56.7 Å². The number of thiophene rings is 1. The van der Waals surface area contributed by atoms with Gasteiger partial charge in [0.15, 0.2) is 0 Å². The van der Waals surface area contributed by atoms with Gasteiger partial charge >= 0.3 is 0 Å². The van der Waals surface area contributed by atoms with Gasteiger partial charge in [-0.3, -0.25) is 9.20 Å². The number of fused-ring (bicyclic) bond motifs is 1. The first-order valence-electron chi connectivity index (χ1n) is 9.69. The molecule has 0 bridgehead atoms. The Morgan fingerprint density at radius 2 is 2.23 bits per heavy atom. The molecule has 3 aromatic rings. The zero-order valence-electron chi connectivity index (χ0n) is 17.3. The molecule has 3 aromatic heterocycles. The standard InChI is InChI=1S/C21H24N6OS2/c1-12(9-24-11-23-3)16-8-15(17-10-25-13(2)27(17)4)18-19(22)21(29-20(18)26-16)30(28)14-6-5-7-14/h8-11,14H,3,5-7,22H2,1-2,4H3/b12-9+,24-11?. The highest BCUT2D eigenvalue weighted by atomic mass is 32.2.